The molecule has 0 atom stereocenters. The van der Waals surface area contributed by atoms with Gasteiger partial charge >= 0.3 is 18.1 Å². The van der Waals surface area contributed by atoms with Gasteiger partial charge in [-0.25, -0.2) is 14.4 Å². The van der Waals surface area contributed by atoms with Crippen molar-refractivity contribution in [1.82, 2.24) is 16.0 Å². The van der Waals surface area contributed by atoms with Crippen molar-refractivity contribution in [1.29, 1.82) is 0 Å². The predicted octanol–water partition coefficient (Wildman–Crippen LogP) is -1.98. The number of amides is 6. The zero-order valence-electron chi connectivity index (χ0n) is 7.11. The molecule has 0 aromatic rings. The average Bonchev–Trinajstić information content (AvgIpc) is 2.02. The molecule has 9 heteroatoms. The number of aliphatic imine (C=N–C) groups is 1. The average molecular weight is 202 g/mol. The van der Waals surface area contributed by atoms with Crippen LogP contribution in [0.25, 0.3) is 0 Å². The van der Waals surface area contributed by atoms with Gasteiger partial charge in [0, 0.05) is 0 Å². The molecule has 0 radical (unpaired) electrons. The van der Waals surface area contributed by atoms with Crippen LogP contribution >= 0.6 is 0 Å². The van der Waals surface area contributed by atoms with Crippen molar-refractivity contribution < 1.29 is 14.4 Å². The van der Waals surface area contributed by atoms with Crippen molar-refractivity contribution in [2.75, 3.05) is 6.67 Å². The zero-order chi connectivity index (χ0) is 11.0. The summed E-state index contributed by atoms with van der Waals surface area (Å²) in [5, 5.41) is 6.19. The van der Waals surface area contributed by atoms with Gasteiger partial charge < -0.3 is 22.1 Å². The molecule has 7 N–H and O–H groups in total. The molecule has 0 aliphatic rings. The van der Waals surface area contributed by atoms with Crippen molar-refractivity contribution in [2.24, 2.45) is 16.5 Å². The van der Waals surface area contributed by atoms with Crippen molar-refractivity contribution >= 4 is 24.4 Å². The van der Waals surface area contributed by atoms with E-state index in [9.17, 15) is 14.4 Å². The molecule has 0 saturated heterocycles. The Bertz CT molecular complexity index is 262. The molecule has 0 aliphatic heterocycles. The van der Waals surface area contributed by atoms with E-state index >= 15 is 0 Å². The number of nitrogens with two attached hydrogens (primary N) is 2. The Morgan fingerprint density at radius 3 is 2.29 bits per heavy atom. The van der Waals surface area contributed by atoms with Gasteiger partial charge in [0.25, 0.3) is 0 Å². The Hall–Kier alpha value is -2.32. The second kappa shape index (κ2) is 6.22. The molecule has 0 saturated carbocycles. The van der Waals surface area contributed by atoms with E-state index in [1.165, 1.54) is 0 Å². The summed E-state index contributed by atoms with van der Waals surface area (Å²) in [4.78, 5) is 34.1. The summed E-state index contributed by atoms with van der Waals surface area (Å²) < 4.78 is 0. The van der Waals surface area contributed by atoms with E-state index in [0.29, 0.717) is 0 Å². The fourth-order valence-corrected chi connectivity index (χ4v) is 0.407. The lowest BCUT2D eigenvalue weighted by Crippen LogP contribution is -2.39. The normalized spacial score (nSPS) is 9.43. The third-order valence-corrected chi connectivity index (χ3v) is 0.891. The third kappa shape index (κ3) is 7.78. The highest BCUT2D eigenvalue weighted by Crippen LogP contribution is 1.68. The molecular weight excluding hydrogens is 192 g/mol. The number of primary amides is 2. The van der Waals surface area contributed by atoms with Crippen LogP contribution in [0.5, 0.6) is 0 Å². The molecule has 9 nitrogen and oxygen atoms in total. The molecular formula is C5H10N6O3. The Morgan fingerprint density at radius 2 is 1.79 bits per heavy atom. The first-order chi connectivity index (χ1) is 6.52. The van der Waals surface area contributed by atoms with Crippen molar-refractivity contribution in [3.8, 4) is 0 Å². The van der Waals surface area contributed by atoms with Crippen LogP contribution < -0.4 is 27.4 Å². The first kappa shape index (κ1) is 11.7. The molecule has 0 fully saturated rings. The van der Waals surface area contributed by atoms with Gasteiger partial charge in [0.05, 0.1) is 6.67 Å². The maximum Gasteiger partial charge on any atom is 0.343 e. The largest absolute Gasteiger partial charge is 0.352 e. The molecule has 78 valence electrons. The first-order valence-electron chi connectivity index (χ1n) is 3.42. The minimum atomic E-state index is -0.836. The molecule has 0 aromatic carbocycles. The predicted molar refractivity (Wildman–Crippen MR) is 47.3 cm³/mol. The molecule has 0 rings (SSSR count). The second-order valence-electron chi connectivity index (χ2n) is 1.97. The van der Waals surface area contributed by atoms with Crippen LogP contribution in [-0.4, -0.2) is 31.1 Å². The van der Waals surface area contributed by atoms with Crippen molar-refractivity contribution in [2.45, 2.75) is 0 Å². The smallest absolute Gasteiger partial charge is 0.343 e. The third-order valence-electron chi connectivity index (χ3n) is 0.891. The van der Waals surface area contributed by atoms with Gasteiger partial charge in [-0.3, -0.25) is 5.32 Å². The van der Waals surface area contributed by atoms with Gasteiger partial charge in [0.15, 0.2) is 0 Å². The summed E-state index contributed by atoms with van der Waals surface area (Å²) in [5.74, 6) is 0. The molecule has 0 unspecified atom stereocenters. The van der Waals surface area contributed by atoms with Gasteiger partial charge in [-0.15, -0.1) is 0 Å². The van der Waals surface area contributed by atoms with E-state index in [1.54, 1.807) is 0 Å². The van der Waals surface area contributed by atoms with E-state index < -0.39 is 18.1 Å². The molecule has 0 heterocycles. The Labute approximate surface area is 78.9 Å². The minimum Gasteiger partial charge on any atom is -0.352 e. The highest BCUT2D eigenvalue weighted by molar-refractivity contribution is 5.90. The SMILES string of the molecule is NC(=O)NC=NC(=O)NCNC(N)=O. The van der Waals surface area contributed by atoms with Crippen LogP contribution in [0, 0.1) is 0 Å². The van der Waals surface area contributed by atoms with Gasteiger partial charge in [-0.2, -0.15) is 4.99 Å². The summed E-state index contributed by atoms with van der Waals surface area (Å²) in [7, 11) is 0. The molecule has 14 heavy (non-hydrogen) atoms. The first-order valence-corrected chi connectivity index (χ1v) is 3.42. The molecule has 0 aliphatic carbocycles. The lowest BCUT2D eigenvalue weighted by atomic mass is 10.8. The van der Waals surface area contributed by atoms with Crippen molar-refractivity contribution in [3.63, 3.8) is 0 Å². The van der Waals surface area contributed by atoms with Gasteiger partial charge in [-0.05, 0) is 0 Å². The van der Waals surface area contributed by atoms with E-state index in [0.717, 1.165) is 6.34 Å². The van der Waals surface area contributed by atoms with Crippen LogP contribution in [0.4, 0.5) is 14.4 Å². The van der Waals surface area contributed by atoms with Crippen molar-refractivity contribution in [3.05, 3.63) is 0 Å². The maximum absolute atomic E-state index is 10.7. The number of carbonyl (C=O) groups excluding carboxylic acids is 3. The number of nitrogens with one attached hydrogen (secondary N) is 3. The zero-order valence-corrected chi connectivity index (χ0v) is 7.11. The summed E-state index contributed by atoms with van der Waals surface area (Å²) in [6.45, 7) is -0.151. The fraction of sp³-hybridized carbons (Fsp3) is 0.200. The highest BCUT2D eigenvalue weighted by atomic mass is 16.2. The number of hydrogen-bond acceptors (Lipinski definition) is 3. The lowest BCUT2D eigenvalue weighted by molar-refractivity contribution is 0.243. The second-order valence-corrected chi connectivity index (χ2v) is 1.97. The Balaban J connectivity index is 3.60. The summed E-state index contributed by atoms with van der Waals surface area (Å²) in [6, 6.07) is -2.37. The highest BCUT2D eigenvalue weighted by Gasteiger charge is 1.95. The molecule has 0 spiro atoms. The van der Waals surface area contributed by atoms with E-state index in [1.807, 2.05) is 5.32 Å². The summed E-state index contributed by atoms with van der Waals surface area (Å²) in [6.07, 6.45) is 0.821. The van der Waals surface area contributed by atoms with Gasteiger partial charge in [0.2, 0.25) is 0 Å². The number of nitrogens with zero attached hydrogens (tertiary/aromatic N) is 1. The number of carbonyl (C=O) groups is 3. The Morgan fingerprint density at radius 1 is 1.14 bits per heavy atom. The topological polar surface area (TPSA) is 152 Å². The van der Waals surface area contributed by atoms with Gasteiger partial charge in [-0.1, -0.05) is 0 Å². The maximum atomic E-state index is 10.7. The van der Waals surface area contributed by atoms with E-state index in [2.05, 4.69) is 21.4 Å². The summed E-state index contributed by atoms with van der Waals surface area (Å²) >= 11 is 0. The molecule has 6 amide bonds. The van der Waals surface area contributed by atoms with Crippen LogP contribution in [0.2, 0.25) is 0 Å². The van der Waals surface area contributed by atoms with E-state index in [4.69, 9.17) is 5.73 Å². The van der Waals surface area contributed by atoms with Gasteiger partial charge in [0.1, 0.15) is 6.34 Å². The Kier molecular flexibility index (Phi) is 5.19. The number of rotatable bonds is 3. The van der Waals surface area contributed by atoms with Crippen LogP contribution in [0.3, 0.4) is 0 Å². The van der Waals surface area contributed by atoms with Crippen LogP contribution in [0.15, 0.2) is 4.99 Å². The fourth-order valence-electron chi connectivity index (χ4n) is 0.407. The lowest BCUT2D eigenvalue weighted by Gasteiger charge is -2.00. The minimum absolute atomic E-state index is 0.151. The summed E-state index contributed by atoms with van der Waals surface area (Å²) in [5.41, 5.74) is 9.38. The number of hydrogen-bond donors (Lipinski definition) is 5. The quantitative estimate of drug-likeness (QED) is 0.205. The van der Waals surface area contributed by atoms with Crippen LogP contribution in [-0.2, 0) is 0 Å². The standard InChI is InChI=1S/C5H10N6O3/c6-3(12)8-1-10-5(14)11-2-9-4(7)13/h1H,2H2,(H3,7,9,13)(H4,6,8,10,11,12,14). The number of urea groups is 3. The van der Waals surface area contributed by atoms with E-state index in [-0.39, 0.29) is 6.67 Å². The molecule has 0 bridgehead atoms. The monoisotopic (exact) mass is 202 g/mol. The van der Waals surface area contributed by atoms with Crippen LogP contribution in [0.1, 0.15) is 0 Å². The molecule has 0 aromatic heterocycles.